The van der Waals surface area contributed by atoms with E-state index in [1.807, 2.05) is 19.1 Å². The van der Waals surface area contributed by atoms with Gasteiger partial charge in [-0.1, -0.05) is 41.4 Å². The first-order chi connectivity index (χ1) is 16.5. The van der Waals surface area contributed by atoms with Crippen molar-refractivity contribution in [3.8, 4) is 11.5 Å². The number of nitrogens with one attached hydrogen (secondary N) is 1. The monoisotopic (exact) mass is 516 g/mol. The third kappa shape index (κ3) is 6.33. The molecule has 0 unspecified atom stereocenters. The Labute approximate surface area is 211 Å². The average Bonchev–Trinajstić information content (AvgIpc) is 2.79. The molecule has 186 valence electrons. The van der Waals surface area contributed by atoms with Crippen molar-refractivity contribution in [2.24, 2.45) is 0 Å². The predicted octanol–water partition coefficient (Wildman–Crippen LogP) is 5.11. The van der Waals surface area contributed by atoms with Crippen molar-refractivity contribution in [3.63, 3.8) is 0 Å². The van der Waals surface area contributed by atoms with Crippen LogP contribution in [-0.2, 0) is 21.4 Å². The van der Waals surface area contributed by atoms with Crippen molar-refractivity contribution >= 4 is 33.2 Å². The van der Waals surface area contributed by atoms with Gasteiger partial charge in [0.05, 0.1) is 31.3 Å². The van der Waals surface area contributed by atoms with Gasteiger partial charge in [0.15, 0.2) is 0 Å². The number of amides is 1. The molecule has 0 saturated heterocycles. The lowest BCUT2D eigenvalue weighted by atomic mass is 10.1. The van der Waals surface area contributed by atoms with Gasteiger partial charge >= 0.3 is 0 Å². The first-order valence-electron chi connectivity index (χ1n) is 10.9. The van der Waals surface area contributed by atoms with Crippen LogP contribution < -0.4 is 14.8 Å². The third-order valence-corrected chi connectivity index (χ3v) is 7.83. The molecule has 0 bridgehead atoms. The molecule has 7 nitrogen and oxygen atoms in total. The van der Waals surface area contributed by atoms with Gasteiger partial charge in [0.1, 0.15) is 11.5 Å². The van der Waals surface area contributed by atoms with Crippen molar-refractivity contribution in [3.05, 3.63) is 81.9 Å². The number of nitrogens with zero attached hydrogens (tertiary/aromatic N) is 1. The quantitative estimate of drug-likeness (QED) is 0.427. The van der Waals surface area contributed by atoms with Crippen molar-refractivity contribution < 1.29 is 22.7 Å². The van der Waals surface area contributed by atoms with Gasteiger partial charge in [-0.05, 0) is 61.7 Å². The maximum atomic E-state index is 13.8. The standard InChI is InChI=1S/C26H29ClN2O5S/c1-17-12-18(2)26(19(3)13-17)35(31,32)29(15-20-6-8-21(27)9-7-20)16-25(30)28-23-14-22(33-4)10-11-24(23)34-5/h6-14H,15-16H2,1-5H3,(H,28,30). The molecule has 3 rings (SSSR count). The maximum absolute atomic E-state index is 13.8. The van der Waals surface area contributed by atoms with Gasteiger partial charge in [-0.2, -0.15) is 4.31 Å². The number of ether oxygens (including phenoxy) is 2. The molecule has 0 aliphatic carbocycles. The lowest BCUT2D eigenvalue weighted by molar-refractivity contribution is -0.116. The highest BCUT2D eigenvalue weighted by Gasteiger charge is 2.30. The van der Waals surface area contributed by atoms with Crippen LogP contribution in [0.2, 0.25) is 5.02 Å². The summed E-state index contributed by atoms with van der Waals surface area (Å²) in [6.07, 6.45) is 0. The van der Waals surface area contributed by atoms with Crippen molar-refractivity contribution in [1.82, 2.24) is 4.31 Å². The first-order valence-corrected chi connectivity index (χ1v) is 12.7. The molecule has 0 spiro atoms. The minimum Gasteiger partial charge on any atom is -0.497 e. The molecular formula is C26H29ClN2O5S. The van der Waals surface area contributed by atoms with Crippen LogP contribution >= 0.6 is 11.6 Å². The number of methoxy groups -OCH3 is 2. The molecule has 9 heteroatoms. The van der Waals surface area contributed by atoms with Gasteiger partial charge in [-0.15, -0.1) is 0 Å². The number of aryl methyl sites for hydroxylation is 3. The molecule has 0 saturated carbocycles. The van der Waals surface area contributed by atoms with E-state index in [0.717, 1.165) is 5.56 Å². The lowest BCUT2D eigenvalue weighted by Crippen LogP contribution is -2.38. The second kappa shape index (κ2) is 11.1. The highest BCUT2D eigenvalue weighted by atomic mass is 35.5. The summed E-state index contributed by atoms with van der Waals surface area (Å²) in [5.74, 6) is 0.436. The van der Waals surface area contributed by atoms with Crippen molar-refractivity contribution in [2.75, 3.05) is 26.1 Å². The highest BCUT2D eigenvalue weighted by molar-refractivity contribution is 7.89. The Morgan fingerprint density at radius 2 is 1.57 bits per heavy atom. The van der Waals surface area contributed by atoms with Crippen LogP contribution in [-0.4, -0.2) is 39.4 Å². The topological polar surface area (TPSA) is 84.9 Å². The first kappa shape index (κ1) is 26.5. The Kier molecular flexibility index (Phi) is 8.43. The molecule has 0 atom stereocenters. The molecule has 0 fully saturated rings. The highest BCUT2D eigenvalue weighted by Crippen LogP contribution is 2.30. The molecule has 3 aromatic rings. The summed E-state index contributed by atoms with van der Waals surface area (Å²) >= 11 is 6.00. The lowest BCUT2D eigenvalue weighted by Gasteiger charge is -2.24. The van der Waals surface area contributed by atoms with E-state index in [9.17, 15) is 13.2 Å². The Balaban J connectivity index is 1.98. The Hall–Kier alpha value is -3.07. The minimum atomic E-state index is -4.02. The molecule has 0 aliphatic rings. The second-order valence-electron chi connectivity index (χ2n) is 8.24. The fourth-order valence-corrected chi connectivity index (χ4v) is 5.91. The van der Waals surface area contributed by atoms with E-state index in [1.54, 1.807) is 56.3 Å². The van der Waals surface area contributed by atoms with Gasteiger partial charge in [0, 0.05) is 17.6 Å². The van der Waals surface area contributed by atoms with Gasteiger partial charge in [-0.25, -0.2) is 8.42 Å². The molecule has 1 amide bonds. The normalized spacial score (nSPS) is 11.4. The molecule has 1 N–H and O–H groups in total. The molecule has 0 aromatic heterocycles. The van der Waals surface area contributed by atoms with Crippen LogP contribution in [0.15, 0.2) is 59.5 Å². The Morgan fingerprint density at radius 1 is 0.943 bits per heavy atom. The summed E-state index contributed by atoms with van der Waals surface area (Å²) in [6, 6.07) is 15.5. The zero-order valence-electron chi connectivity index (χ0n) is 20.4. The summed E-state index contributed by atoms with van der Waals surface area (Å²) in [7, 11) is -1.02. The third-order valence-electron chi connectivity index (χ3n) is 5.48. The van der Waals surface area contributed by atoms with E-state index in [1.165, 1.54) is 18.5 Å². The van der Waals surface area contributed by atoms with E-state index < -0.39 is 22.5 Å². The largest absolute Gasteiger partial charge is 0.497 e. The Morgan fingerprint density at radius 3 is 2.14 bits per heavy atom. The molecule has 0 heterocycles. The average molecular weight is 517 g/mol. The summed E-state index contributed by atoms with van der Waals surface area (Å²) in [5, 5.41) is 3.29. The SMILES string of the molecule is COc1ccc(OC)c(NC(=O)CN(Cc2ccc(Cl)cc2)S(=O)(=O)c2c(C)cc(C)cc2C)c1. The number of hydrogen-bond acceptors (Lipinski definition) is 5. The number of halogens is 1. The number of carbonyl (C=O) groups is 1. The summed E-state index contributed by atoms with van der Waals surface area (Å²) in [4.78, 5) is 13.3. The van der Waals surface area contributed by atoms with Crippen LogP contribution in [0.5, 0.6) is 11.5 Å². The minimum absolute atomic E-state index is 0.00504. The number of carbonyl (C=O) groups excluding carboxylic acids is 1. The number of rotatable bonds is 9. The van der Waals surface area contributed by atoms with Gasteiger partial charge in [0.25, 0.3) is 0 Å². The molecule has 0 radical (unpaired) electrons. The van der Waals surface area contributed by atoms with E-state index in [-0.39, 0.29) is 11.4 Å². The number of benzene rings is 3. The number of hydrogen-bond donors (Lipinski definition) is 1. The number of sulfonamides is 1. The molecule has 0 aliphatic heterocycles. The van der Waals surface area contributed by atoms with Crippen LogP contribution in [0.1, 0.15) is 22.3 Å². The van der Waals surface area contributed by atoms with Crippen LogP contribution in [0.4, 0.5) is 5.69 Å². The molecule has 35 heavy (non-hydrogen) atoms. The maximum Gasteiger partial charge on any atom is 0.244 e. The van der Waals surface area contributed by atoms with E-state index in [0.29, 0.717) is 38.9 Å². The van der Waals surface area contributed by atoms with Gasteiger partial charge < -0.3 is 14.8 Å². The molecule has 3 aromatic carbocycles. The van der Waals surface area contributed by atoms with Crippen LogP contribution in [0.25, 0.3) is 0 Å². The molecular weight excluding hydrogens is 488 g/mol. The summed E-state index contributed by atoms with van der Waals surface area (Å²) < 4.78 is 39.4. The van der Waals surface area contributed by atoms with Crippen LogP contribution in [0, 0.1) is 20.8 Å². The second-order valence-corrected chi connectivity index (χ2v) is 10.6. The van der Waals surface area contributed by atoms with Crippen molar-refractivity contribution in [2.45, 2.75) is 32.2 Å². The zero-order valence-corrected chi connectivity index (χ0v) is 22.0. The van der Waals surface area contributed by atoms with E-state index in [2.05, 4.69) is 5.32 Å². The Bertz CT molecular complexity index is 1300. The zero-order chi connectivity index (χ0) is 25.8. The van der Waals surface area contributed by atoms with Gasteiger partial charge in [0.2, 0.25) is 15.9 Å². The smallest absolute Gasteiger partial charge is 0.244 e. The fraction of sp³-hybridized carbons (Fsp3) is 0.269. The van der Waals surface area contributed by atoms with E-state index >= 15 is 0 Å². The van der Waals surface area contributed by atoms with Gasteiger partial charge in [-0.3, -0.25) is 4.79 Å². The van der Waals surface area contributed by atoms with Crippen molar-refractivity contribution in [1.29, 1.82) is 0 Å². The predicted molar refractivity (Wildman–Crippen MR) is 138 cm³/mol. The summed E-state index contributed by atoms with van der Waals surface area (Å²) in [6.45, 7) is 5.02. The van der Waals surface area contributed by atoms with E-state index in [4.69, 9.17) is 21.1 Å². The summed E-state index contributed by atoms with van der Waals surface area (Å²) in [5.41, 5.74) is 3.29. The number of anilines is 1. The van der Waals surface area contributed by atoms with Crippen LogP contribution in [0.3, 0.4) is 0 Å². The fourth-order valence-electron chi connectivity index (χ4n) is 3.98.